The molecule has 11 nitrogen and oxygen atoms in total. The Labute approximate surface area is 189 Å². The number of ether oxygens (including phenoxy) is 7. The summed E-state index contributed by atoms with van der Waals surface area (Å²) in [5.41, 5.74) is -0.856. The maximum atomic E-state index is 11.9. The highest BCUT2D eigenvalue weighted by Gasteiger charge is 2.53. The van der Waals surface area contributed by atoms with E-state index in [2.05, 4.69) is 0 Å². The van der Waals surface area contributed by atoms with Crippen molar-refractivity contribution in [2.24, 2.45) is 0 Å². The first-order valence-electron chi connectivity index (χ1n) is 10.1. The van der Waals surface area contributed by atoms with Crippen LogP contribution in [0.3, 0.4) is 0 Å². The Morgan fingerprint density at radius 3 is 2.09 bits per heavy atom. The number of hydrogen-bond donors (Lipinski definition) is 0. The van der Waals surface area contributed by atoms with Crippen LogP contribution >= 0.6 is 11.8 Å². The molecular formula is C20H26O11S. The molecule has 0 unspecified atom stereocenters. The summed E-state index contributed by atoms with van der Waals surface area (Å²) in [7, 11) is 0. The third kappa shape index (κ3) is 6.21. The summed E-state index contributed by atoms with van der Waals surface area (Å²) >= 11 is 1.28. The van der Waals surface area contributed by atoms with E-state index in [1.807, 2.05) is 6.08 Å². The largest absolute Gasteiger partial charge is 0.463 e. The SMILES string of the molecule is CC(=O)OC[C@H]1O[C@@H](S[C@H]2C=C[C@@H]3OC[C@H]2O3)[C@H](OC(C)=O)[C@@H](OC(C)=O)[C@H]1OC(C)=O. The molecule has 2 fully saturated rings. The van der Waals surface area contributed by atoms with Crippen molar-refractivity contribution in [2.45, 2.75) is 75.2 Å². The molecule has 0 aromatic rings. The highest BCUT2D eigenvalue weighted by atomic mass is 32.2. The lowest BCUT2D eigenvalue weighted by Crippen LogP contribution is -2.62. The average Bonchev–Trinajstić information content (AvgIpc) is 3.08. The summed E-state index contributed by atoms with van der Waals surface area (Å²) in [6.45, 7) is 4.90. The number of esters is 4. The minimum Gasteiger partial charge on any atom is -0.463 e. The van der Waals surface area contributed by atoms with E-state index in [1.54, 1.807) is 6.08 Å². The van der Waals surface area contributed by atoms with Crippen molar-refractivity contribution < 1.29 is 52.3 Å². The van der Waals surface area contributed by atoms with Gasteiger partial charge in [-0.1, -0.05) is 6.08 Å². The van der Waals surface area contributed by atoms with Crippen LogP contribution in [0.5, 0.6) is 0 Å². The molecule has 3 aliphatic heterocycles. The van der Waals surface area contributed by atoms with Crippen LogP contribution in [0, 0.1) is 0 Å². The van der Waals surface area contributed by atoms with Crippen molar-refractivity contribution in [2.75, 3.05) is 13.2 Å². The van der Waals surface area contributed by atoms with Gasteiger partial charge in [-0.2, -0.15) is 0 Å². The molecule has 0 aromatic heterocycles. The molecule has 3 aliphatic rings. The van der Waals surface area contributed by atoms with Crippen molar-refractivity contribution in [1.29, 1.82) is 0 Å². The predicted octanol–water partition coefficient (Wildman–Crippen LogP) is 0.483. The number of rotatable bonds is 7. The van der Waals surface area contributed by atoms with Crippen molar-refractivity contribution in [3.05, 3.63) is 12.2 Å². The molecule has 0 amide bonds. The molecule has 0 aliphatic carbocycles. The Hall–Kier alpha value is -2.15. The molecule has 2 bridgehead atoms. The number of carbonyl (C=O) groups is 4. The first-order chi connectivity index (χ1) is 15.1. The number of hydrogen-bond acceptors (Lipinski definition) is 12. The van der Waals surface area contributed by atoms with E-state index in [-0.39, 0.29) is 18.0 Å². The predicted molar refractivity (Wildman–Crippen MR) is 107 cm³/mol. The highest BCUT2D eigenvalue weighted by Crippen LogP contribution is 2.39. The van der Waals surface area contributed by atoms with Crippen LogP contribution < -0.4 is 0 Å². The fourth-order valence-corrected chi connectivity index (χ4v) is 5.01. The molecule has 178 valence electrons. The van der Waals surface area contributed by atoms with Crippen molar-refractivity contribution in [1.82, 2.24) is 0 Å². The molecule has 0 saturated carbocycles. The number of thioether (sulfide) groups is 1. The van der Waals surface area contributed by atoms with Gasteiger partial charge in [-0.15, -0.1) is 11.8 Å². The van der Waals surface area contributed by atoms with Gasteiger partial charge in [0.2, 0.25) is 0 Å². The number of fused-ring (bicyclic) bond motifs is 2. The van der Waals surface area contributed by atoms with Crippen LogP contribution in [0.25, 0.3) is 0 Å². The van der Waals surface area contributed by atoms with Crippen LogP contribution in [0.4, 0.5) is 0 Å². The van der Waals surface area contributed by atoms with E-state index in [4.69, 9.17) is 33.2 Å². The minimum absolute atomic E-state index is 0.213. The van der Waals surface area contributed by atoms with Gasteiger partial charge in [-0.05, 0) is 6.08 Å². The second-order valence-electron chi connectivity index (χ2n) is 7.43. The Kier molecular flexibility index (Phi) is 8.15. The molecule has 3 rings (SSSR count). The summed E-state index contributed by atoms with van der Waals surface area (Å²) < 4.78 is 38.6. The van der Waals surface area contributed by atoms with E-state index in [9.17, 15) is 19.2 Å². The lowest BCUT2D eigenvalue weighted by atomic mass is 9.99. The topological polar surface area (TPSA) is 133 Å². The Morgan fingerprint density at radius 2 is 1.47 bits per heavy atom. The minimum atomic E-state index is -1.19. The Morgan fingerprint density at radius 1 is 0.844 bits per heavy atom. The first kappa shape index (κ1) is 24.5. The Balaban J connectivity index is 1.91. The second-order valence-corrected chi connectivity index (χ2v) is 8.71. The zero-order valence-electron chi connectivity index (χ0n) is 18.1. The summed E-state index contributed by atoms with van der Waals surface area (Å²) in [6, 6.07) is 0. The van der Waals surface area contributed by atoms with Gasteiger partial charge in [-0.3, -0.25) is 19.2 Å². The summed E-state index contributed by atoms with van der Waals surface area (Å²) in [4.78, 5) is 46.9. The van der Waals surface area contributed by atoms with Crippen molar-refractivity contribution >= 4 is 35.6 Å². The van der Waals surface area contributed by atoms with Crippen LogP contribution in [0.15, 0.2) is 12.2 Å². The normalized spacial score (nSPS) is 35.6. The quantitative estimate of drug-likeness (QED) is 0.289. The van der Waals surface area contributed by atoms with Crippen molar-refractivity contribution in [3.63, 3.8) is 0 Å². The summed E-state index contributed by atoms with van der Waals surface area (Å²) in [5.74, 6) is -2.55. The first-order valence-corrected chi connectivity index (χ1v) is 11.0. The summed E-state index contributed by atoms with van der Waals surface area (Å²) in [6.07, 6.45) is -1.40. The van der Waals surface area contributed by atoms with E-state index >= 15 is 0 Å². The molecule has 0 aromatic carbocycles. The van der Waals surface area contributed by atoms with Gasteiger partial charge in [-0.25, -0.2) is 0 Å². The van der Waals surface area contributed by atoms with Crippen LogP contribution in [0.1, 0.15) is 27.7 Å². The van der Waals surface area contributed by atoms with Crippen LogP contribution in [-0.4, -0.2) is 84.6 Å². The molecule has 12 heteroatoms. The molecule has 2 saturated heterocycles. The lowest BCUT2D eigenvalue weighted by molar-refractivity contribution is -0.237. The maximum Gasteiger partial charge on any atom is 0.303 e. The number of carbonyl (C=O) groups excluding carboxylic acids is 4. The molecule has 0 N–H and O–H groups in total. The fraction of sp³-hybridized carbons (Fsp3) is 0.700. The standard InChI is InChI=1S/C20H26O11S/c1-9(21)25-8-14-17(27-10(2)22)18(28-11(3)23)19(29-12(4)24)20(31-14)32-15-5-6-16-26-7-13(15)30-16/h5-6,13-20H,7-8H2,1-4H3/t13-,14-,15+,16-,17+,18+,19-,20+/m1/s1. The van der Waals surface area contributed by atoms with Gasteiger partial charge in [0.15, 0.2) is 24.6 Å². The molecular weight excluding hydrogens is 448 g/mol. The van der Waals surface area contributed by atoms with Crippen LogP contribution in [-0.2, 0) is 52.3 Å². The van der Waals surface area contributed by atoms with Crippen molar-refractivity contribution in [3.8, 4) is 0 Å². The van der Waals surface area contributed by atoms with Gasteiger partial charge < -0.3 is 33.2 Å². The van der Waals surface area contributed by atoms with E-state index in [0.717, 1.165) is 0 Å². The lowest BCUT2D eigenvalue weighted by Gasteiger charge is -2.45. The molecule has 0 spiro atoms. The molecule has 8 atom stereocenters. The van der Waals surface area contributed by atoms with E-state index in [0.29, 0.717) is 6.61 Å². The monoisotopic (exact) mass is 474 g/mol. The van der Waals surface area contributed by atoms with Gasteiger partial charge in [0.05, 0.1) is 18.0 Å². The third-order valence-corrected chi connectivity index (χ3v) is 6.22. The molecule has 3 heterocycles. The second kappa shape index (κ2) is 10.6. The fourth-order valence-electron chi connectivity index (χ4n) is 3.62. The zero-order chi connectivity index (χ0) is 23.4. The smallest absolute Gasteiger partial charge is 0.303 e. The van der Waals surface area contributed by atoms with Gasteiger partial charge in [0, 0.05) is 27.7 Å². The molecule has 32 heavy (non-hydrogen) atoms. The van der Waals surface area contributed by atoms with E-state index < -0.39 is 60.0 Å². The van der Waals surface area contributed by atoms with E-state index in [1.165, 1.54) is 39.5 Å². The van der Waals surface area contributed by atoms with Gasteiger partial charge >= 0.3 is 23.9 Å². The van der Waals surface area contributed by atoms with Crippen LogP contribution in [0.2, 0.25) is 0 Å². The van der Waals surface area contributed by atoms with Gasteiger partial charge in [0.1, 0.15) is 18.1 Å². The highest BCUT2D eigenvalue weighted by molar-refractivity contribution is 8.00. The molecule has 0 radical (unpaired) electrons. The Bertz CT molecular complexity index is 769. The maximum absolute atomic E-state index is 11.9. The van der Waals surface area contributed by atoms with Gasteiger partial charge in [0.25, 0.3) is 0 Å². The zero-order valence-corrected chi connectivity index (χ0v) is 18.9. The summed E-state index contributed by atoms with van der Waals surface area (Å²) in [5, 5.41) is -0.213. The average molecular weight is 474 g/mol. The third-order valence-electron chi connectivity index (χ3n) is 4.80.